The summed E-state index contributed by atoms with van der Waals surface area (Å²) in [5.41, 5.74) is 7.35. The Morgan fingerprint density at radius 3 is 2.84 bits per heavy atom. The van der Waals surface area contributed by atoms with Crippen LogP contribution in [0, 0.1) is 5.92 Å². The minimum Gasteiger partial charge on any atom is -0.494 e. The molecule has 0 aromatic heterocycles. The van der Waals surface area contributed by atoms with Crippen LogP contribution in [0.2, 0.25) is 0 Å². The van der Waals surface area contributed by atoms with Gasteiger partial charge in [-0.1, -0.05) is 18.2 Å². The summed E-state index contributed by atoms with van der Waals surface area (Å²) in [6.45, 7) is 4.63. The molecule has 0 radical (unpaired) electrons. The van der Waals surface area contributed by atoms with Gasteiger partial charge in [0.2, 0.25) is 0 Å². The van der Waals surface area contributed by atoms with Gasteiger partial charge < -0.3 is 10.5 Å². The summed E-state index contributed by atoms with van der Waals surface area (Å²) in [5.74, 6) is 1.90. The maximum Gasteiger partial charge on any atom is 0.124 e. The van der Waals surface area contributed by atoms with Crippen molar-refractivity contribution in [3.63, 3.8) is 0 Å². The number of nitrogens with zero attached hydrogens (tertiary/aromatic N) is 1. The van der Waals surface area contributed by atoms with Crippen LogP contribution in [0.1, 0.15) is 37.8 Å². The standard InChI is InChI=1S/C16H24N2O/c1-2-19-16-6-4-3-5-14(16)15(10-17)18-11-12-7-8-13(18)9-12/h3-6,12-13,15H,2,7-11,17H2,1H3. The summed E-state index contributed by atoms with van der Waals surface area (Å²) < 4.78 is 5.78. The molecule has 1 aromatic rings. The fraction of sp³-hybridized carbons (Fsp3) is 0.625. The Hall–Kier alpha value is -1.06. The van der Waals surface area contributed by atoms with Crippen LogP contribution < -0.4 is 10.5 Å². The van der Waals surface area contributed by atoms with Crippen molar-refractivity contribution >= 4 is 0 Å². The number of likely N-dealkylation sites (tertiary alicyclic amines) is 1. The van der Waals surface area contributed by atoms with E-state index in [9.17, 15) is 0 Å². The molecule has 1 aliphatic carbocycles. The first-order chi connectivity index (χ1) is 9.33. The summed E-state index contributed by atoms with van der Waals surface area (Å²) >= 11 is 0. The highest BCUT2D eigenvalue weighted by Crippen LogP contribution is 2.43. The Morgan fingerprint density at radius 1 is 1.37 bits per heavy atom. The van der Waals surface area contributed by atoms with E-state index in [1.807, 2.05) is 13.0 Å². The minimum absolute atomic E-state index is 0.318. The third-order valence-electron chi connectivity index (χ3n) is 4.65. The molecule has 0 amide bonds. The zero-order valence-electron chi connectivity index (χ0n) is 11.7. The second-order valence-electron chi connectivity index (χ2n) is 5.75. The van der Waals surface area contributed by atoms with E-state index in [2.05, 4.69) is 23.1 Å². The molecule has 3 unspecified atom stereocenters. The molecule has 2 N–H and O–H groups in total. The van der Waals surface area contributed by atoms with Gasteiger partial charge in [-0.05, 0) is 38.2 Å². The van der Waals surface area contributed by atoms with Gasteiger partial charge in [0.25, 0.3) is 0 Å². The van der Waals surface area contributed by atoms with Crippen molar-refractivity contribution in [2.75, 3.05) is 19.7 Å². The predicted molar refractivity (Wildman–Crippen MR) is 77.2 cm³/mol. The van der Waals surface area contributed by atoms with Gasteiger partial charge in [0, 0.05) is 24.7 Å². The topological polar surface area (TPSA) is 38.5 Å². The SMILES string of the molecule is CCOc1ccccc1C(CN)N1CC2CCC1C2. The maximum absolute atomic E-state index is 6.08. The lowest BCUT2D eigenvalue weighted by atomic mass is 10.0. The van der Waals surface area contributed by atoms with Crippen molar-refractivity contribution < 1.29 is 4.74 Å². The summed E-state index contributed by atoms with van der Waals surface area (Å²) in [5, 5.41) is 0. The minimum atomic E-state index is 0.318. The van der Waals surface area contributed by atoms with Gasteiger partial charge in [-0.3, -0.25) is 4.90 Å². The molecule has 2 bridgehead atoms. The number of hydrogen-bond donors (Lipinski definition) is 1. The van der Waals surface area contributed by atoms with Crippen LogP contribution in [0.3, 0.4) is 0 Å². The molecule has 0 spiro atoms. The van der Waals surface area contributed by atoms with Crippen molar-refractivity contribution in [1.82, 2.24) is 4.90 Å². The average Bonchev–Trinajstić information content (AvgIpc) is 3.04. The summed E-state index contributed by atoms with van der Waals surface area (Å²) in [4.78, 5) is 2.62. The van der Waals surface area contributed by atoms with Gasteiger partial charge in [-0.2, -0.15) is 0 Å². The third kappa shape index (κ3) is 2.37. The fourth-order valence-electron chi connectivity index (χ4n) is 3.83. The van der Waals surface area contributed by atoms with Crippen LogP contribution in [0.4, 0.5) is 0 Å². The number of rotatable bonds is 5. The molecular weight excluding hydrogens is 236 g/mol. The third-order valence-corrected chi connectivity index (χ3v) is 4.65. The van der Waals surface area contributed by atoms with E-state index in [0.29, 0.717) is 19.2 Å². The zero-order chi connectivity index (χ0) is 13.2. The fourth-order valence-corrected chi connectivity index (χ4v) is 3.83. The second kappa shape index (κ2) is 5.51. The van der Waals surface area contributed by atoms with E-state index < -0.39 is 0 Å². The van der Waals surface area contributed by atoms with E-state index >= 15 is 0 Å². The first kappa shape index (κ1) is 12.9. The Kier molecular flexibility index (Phi) is 3.76. The van der Waals surface area contributed by atoms with Crippen LogP contribution >= 0.6 is 0 Å². The lowest BCUT2D eigenvalue weighted by Gasteiger charge is -2.35. The molecular formula is C16H24N2O. The number of para-hydroxylation sites is 1. The molecule has 1 saturated heterocycles. The Balaban J connectivity index is 1.86. The second-order valence-corrected chi connectivity index (χ2v) is 5.75. The first-order valence-corrected chi connectivity index (χ1v) is 7.51. The molecule has 19 heavy (non-hydrogen) atoms. The quantitative estimate of drug-likeness (QED) is 0.884. The van der Waals surface area contributed by atoms with Gasteiger partial charge >= 0.3 is 0 Å². The monoisotopic (exact) mass is 260 g/mol. The highest BCUT2D eigenvalue weighted by molar-refractivity contribution is 5.36. The molecule has 1 saturated carbocycles. The molecule has 2 aliphatic rings. The molecule has 1 aliphatic heterocycles. The number of hydrogen-bond acceptors (Lipinski definition) is 3. The number of benzene rings is 1. The first-order valence-electron chi connectivity index (χ1n) is 7.51. The van der Waals surface area contributed by atoms with E-state index in [0.717, 1.165) is 17.7 Å². The van der Waals surface area contributed by atoms with Crippen LogP contribution in [0.15, 0.2) is 24.3 Å². The Morgan fingerprint density at radius 2 is 2.21 bits per heavy atom. The van der Waals surface area contributed by atoms with Gasteiger partial charge in [0.15, 0.2) is 0 Å². The van der Waals surface area contributed by atoms with Crippen LogP contribution in [0.5, 0.6) is 5.75 Å². The number of ether oxygens (including phenoxy) is 1. The van der Waals surface area contributed by atoms with Crippen molar-refractivity contribution in [3.05, 3.63) is 29.8 Å². The van der Waals surface area contributed by atoms with E-state index in [1.165, 1.54) is 31.4 Å². The van der Waals surface area contributed by atoms with Crippen molar-refractivity contribution in [3.8, 4) is 5.75 Å². The van der Waals surface area contributed by atoms with E-state index in [-0.39, 0.29) is 0 Å². The summed E-state index contributed by atoms with van der Waals surface area (Å²) in [6, 6.07) is 9.43. The molecule has 104 valence electrons. The number of nitrogens with two attached hydrogens (primary N) is 1. The molecule has 3 heteroatoms. The molecule has 1 aromatic carbocycles. The van der Waals surface area contributed by atoms with Crippen LogP contribution in [-0.4, -0.2) is 30.6 Å². The van der Waals surface area contributed by atoms with Gasteiger partial charge in [-0.15, -0.1) is 0 Å². The zero-order valence-corrected chi connectivity index (χ0v) is 11.7. The number of piperidine rings is 1. The van der Waals surface area contributed by atoms with Crippen molar-refractivity contribution in [1.29, 1.82) is 0 Å². The predicted octanol–water partition coefficient (Wildman–Crippen LogP) is 2.57. The van der Waals surface area contributed by atoms with E-state index in [1.54, 1.807) is 0 Å². The smallest absolute Gasteiger partial charge is 0.124 e. The van der Waals surface area contributed by atoms with Gasteiger partial charge in [-0.25, -0.2) is 0 Å². The number of fused-ring (bicyclic) bond motifs is 2. The van der Waals surface area contributed by atoms with Crippen LogP contribution in [0.25, 0.3) is 0 Å². The Bertz CT molecular complexity index is 435. The average molecular weight is 260 g/mol. The Labute approximate surface area is 115 Å². The highest BCUT2D eigenvalue weighted by atomic mass is 16.5. The van der Waals surface area contributed by atoms with Gasteiger partial charge in [0.1, 0.15) is 5.75 Å². The normalized spacial score (nSPS) is 27.7. The maximum atomic E-state index is 6.08. The molecule has 2 fully saturated rings. The van der Waals surface area contributed by atoms with Gasteiger partial charge in [0.05, 0.1) is 12.6 Å². The summed E-state index contributed by atoms with van der Waals surface area (Å²) in [6.07, 6.45) is 4.12. The lowest BCUT2D eigenvalue weighted by Crippen LogP contribution is -2.39. The highest BCUT2D eigenvalue weighted by Gasteiger charge is 2.41. The van der Waals surface area contributed by atoms with Crippen molar-refractivity contribution in [2.24, 2.45) is 11.7 Å². The molecule has 3 atom stereocenters. The van der Waals surface area contributed by atoms with Crippen LogP contribution in [-0.2, 0) is 0 Å². The summed E-state index contributed by atoms with van der Waals surface area (Å²) in [7, 11) is 0. The largest absolute Gasteiger partial charge is 0.494 e. The molecule has 3 rings (SSSR count). The van der Waals surface area contributed by atoms with Crippen molar-refractivity contribution in [2.45, 2.75) is 38.3 Å². The molecule has 3 nitrogen and oxygen atoms in total. The molecule has 1 heterocycles. The van der Waals surface area contributed by atoms with E-state index in [4.69, 9.17) is 10.5 Å². The lowest BCUT2D eigenvalue weighted by molar-refractivity contribution is 0.150.